The molecule has 28 heavy (non-hydrogen) atoms. The number of piperazine rings is 1. The Labute approximate surface area is 168 Å². The summed E-state index contributed by atoms with van der Waals surface area (Å²) in [6, 6.07) is 25.7. The van der Waals surface area contributed by atoms with Crippen molar-refractivity contribution in [1.82, 2.24) is 9.88 Å². The highest BCUT2D eigenvalue weighted by Crippen LogP contribution is 2.31. The van der Waals surface area contributed by atoms with Crippen molar-refractivity contribution in [3.63, 3.8) is 0 Å². The smallest absolute Gasteiger partial charge is 0.0722 e. The Kier molecular flexibility index (Phi) is 5.83. The van der Waals surface area contributed by atoms with Crippen LogP contribution in [-0.4, -0.2) is 42.1 Å². The maximum Gasteiger partial charge on any atom is 0.0722 e. The van der Waals surface area contributed by atoms with E-state index in [9.17, 15) is 0 Å². The van der Waals surface area contributed by atoms with Crippen LogP contribution >= 0.6 is 0 Å². The Balaban J connectivity index is 1.43. The lowest BCUT2D eigenvalue weighted by Gasteiger charge is -2.41. The van der Waals surface area contributed by atoms with Gasteiger partial charge in [-0.15, -0.1) is 0 Å². The Hall–Kier alpha value is -2.91. The number of hydrogen-bond donors (Lipinski definition) is 0. The summed E-state index contributed by atoms with van der Waals surface area (Å²) in [5, 5.41) is 0. The SMILES string of the molecule is CC1CN(CC=Cc2ccccc2)CCN1c1ccccc1-c1ccccn1. The van der Waals surface area contributed by atoms with Crippen LogP contribution in [0.25, 0.3) is 17.3 Å². The number of hydrogen-bond acceptors (Lipinski definition) is 3. The summed E-state index contributed by atoms with van der Waals surface area (Å²) in [5.41, 5.74) is 4.80. The Morgan fingerprint density at radius 3 is 2.50 bits per heavy atom. The predicted molar refractivity (Wildman–Crippen MR) is 118 cm³/mol. The van der Waals surface area contributed by atoms with E-state index in [0.29, 0.717) is 6.04 Å². The molecular weight excluding hydrogens is 342 g/mol. The van der Waals surface area contributed by atoms with E-state index < -0.39 is 0 Å². The Bertz CT molecular complexity index is 905. The normalized spacial score (nSPS) is 17.9. The molecule has 0 N–H and O–H groups in total. The van der Waals surface area contributed by atoms with Gasteiger partial charge in [-0.1, -0.05) is 66.7 Å². The fourth-order valence-corrected chi connectivity index (χ4v) is 3.92. The largest absolute Gasteiger partial charge is 0.366 e. The lowest BCUT2D eigenvalue weighted by atomic mass is 10.0. The molecule has 0 amide bonds. The zero-order valence-electron chi connectivity index (χ0n) is 16.4. The molecule has 4 rings (SSSR count). The van der Waals surface area contributed by atoms with Crippen LogP contribution < -0.4 is 4.90 Å². The van der Waals surface area contributed by atoms with Gasteiger partial charge < -0.3 is 4.90 Å². The number of pyridine rings is 1. The maximum atomic E-state index is 4.57. The average Bonchev–Trinajstić information content (AvgIpc) is 2.75. The molecule has 2 heterocycles. The summed E-state index contributed by atoms with van der Waals surface area (Å²) in [4.78, 5) is 9.63. The molecule has 1 aliphatic rings. The molecular formula is C25H27N3. The van der Waals surface area contributed by atoms with Gasteiger partial charge >= 0.3 is 0 Å². The first-order valence-corrected chi connectivity index (χ1v) is 10.0. The van der Waals surface area contributed by atoms with Gasteiger partial charge in [0, 0.05) is 49.7 Å². The first-order chi connectivity index (χ1) is 13.8. The van der Waals surface area contributed by atoms with Crippen molar-refractivity contribution in [2.24, 2.45) is 0 Å². The molecule has 0 spiro atoms. The number of para-hydroxylation sites is 1. The first kappa shape index (κ1) is 18.5. The van der Waals surface area contributed by atoms with E-state index in [1.165, 1.54) is 16.8 Å². The number of anilines is 1. The number of nitrogens with zero attached hydrogens (tertiary/aromatic N) is 3. The van der Waals surface area contributed by atoms with Gasteiger partial charge in [-0.25, -0.2) is 0 Å². The number of benzene rings is 2. The summed E-state index contributed by atoms with van der Waals surface area (Å²) in [7, 11) is 0. The van der Waals surface area contributed by atoms with E-state index in [2.05, 4.69) is 101 Å². The van der Waals surface area contributed by atoms with E-state index >= 15 is 0 Å². The third-order valence-electron chi connectivity index (χ3n) is 5.34. The van der Waals surface area contributed by atoms with Crippen LogP contribution in [0.4, 0.5) is 5.69 Å². The summed E-state index contributed by atoms with van der Waals surface area (Å²) >= 11 is 0. The summed E-state index contributed by atoms with van der Waals surface area (Å²) in [6.45, 7) is 6.48. The van der Waals surface area contributed by atoms with Crippen LogP contribution in [0.3, 0.4) is 0 Å². The molecule has 2 aromatic carbocycles. The third-order valence-corrected chi connectivity index (χ3v) is 5.34. The molecule has 1 aromatic heterocycles. The second-order valence-corrected chi connectivity index (χ2v) is 7.35. The number of rotatable bonds is 5. The molecule has 0 aliphatic carbocycles. The maximum absolute atomic E-state index is 4.57. The van der Waals surface area contributed by atoms with E-state index in [1.807, 2.05) is 12.3 Å². The fourth-order valence-electron chi connectivity index (χ4n) is 3.92. The molecule has 1 fully saturated rings. The molecule has 1 saturated heterocycles. The highest BCUT2D eigenvalue weighted by atomic mass is 15.3. The van der Waals surface area contributed by atoms with Gasteiger partial charge in [0.25, 0.3) is 0 Å². The summed E-state index contributed by atoms with van der Waals surface area (Å²) in [6.07, 6.45) is 6.36. The van der Waals surface area contributed by atoms with Crippen molar-refractivity contribution in [3.8, 4) is 11.3 Å². The van der Waals surface area contributed by atoms with Gasteiger partial charge in [0.15, 0.2) is 0 Å². The van der Waals surface area contributed by atoms with Crippen molar-refractivity contribution in [2.75, 3.05) is 31.1 Å². The van der Waals surface area contributed by atoms with Crippen LogP contribution in [0.15, 0.2) is 85.1 Å². The van der Waals surface area contributed by atoms with E-state index in [-0.39, 0.29) is 0 Å². The molecule has 1 aliphatic heterocycles. The Morgan fingerprint density at radius 1 is 0.929 bits per heavy atom. The minimum atomic E-state index is 0.462. The quantitative estimate of drug-likeness (QED) is 0.633. The lowest BCUT2D eigenvalue weighted by molar-refractivity contribution is 0.251. The highest BCUT2D eigenvalue weighted by Gasteiger charge is 2.25. The van der Waals surface area contributed by atoms with Crippen LogP contribution in [0, 0.1) is 0 Å². The van der Waals surface area contributed by atoms with Crippen molar-refractivity contribution < 1.29 is 0 Å². The van der Waals surface area contributed by atoms with Crippen LogP contribution in [0.2, 0.25) is 0 Å². The molecule has 1 atom stereocenters. The van der Waals surface area contributed by atoms with Gasteiger partial charge in [0.05, 0.1) is 5.69 Å². The molecule has 1 unspecified atom stereocenters. The van der Waals surface area contributed by atoms with Crippen molar-refractivity contribution in [2.45, 2.75) is 13.0 Å². The molecule has 0 radical (unpaired) electrons. The van der Waals surface area contributed by atoms with E-state index in [1.54, 1.807) is 0 Å². The standard InChI is InChI=1S/C25H27N3/c1-21-20-27(17-9-12-22-10-3-2-4-11-22)18-19-28(21)25-15-6-5-13-23(25)24-14-7-8-16-26-24/h2-16,21H,17-20H2,1H3. The molecule has 142 valence electrons. The van der Waals surface area contributed by atoms with Crippen molar-refractivity contribution in [1.29, 1.82) is 0 Å². The summed E-state index contributed by atoms with van der Waals surface area (Å²) in [5.74, 6) is 0. The van der Waals surface area contributed by atoms with Crippen LogP contribution in [0.5, 0.6) is 0 Å². The monoisotopic (exact) mass is 369 g/mol. The summed E-state index contributed by atoms with van der Waals surface area (Å²) < 4.78 is 0. The minimum absolute atomic E-state index is 0.462. The molecule has 0 bridgehead atoms. The second kappa shape index (κ2) is 8.85. The average molecular weight is 370 g/mol. The zero-order valence-corrected chi connectivity index (χ0v) is 16.4. The first-order valence-electron chi connectivity index (χ1n) is 10.0. The van der Waals surface area contributed by atoms with Gasteiger partial charge in [-0.3, -0.25) is 9.88 Å². The molecule has 0 saturated carbocycles. The molecule has 3 aromatic rings. The second-order valence-electron chi connectivity index (χ2n) is 7.35. The van der Waals surface area contributed by atoms with Crippen molar-refractivity contribution in [3.05, 3.63) is 90.6 Å². The van der Waals surface area contributed by atoms with Crippen molar-refractivity contribution >= 4 is 11.8 Å². The van der Waals surface area contributed by atoms with Crippen LogP contribution in [0.1, 0.15) is 12.5 Å². The zero-order chi connectivity index (χ0) is 19.2. The van der Waals surface area contributed by atoms with Gasteiger partial charge in [0.1, 0.15) is 0 Å². The van der Waals surface area contributed by atoms with Gasteiger partial charge in [0.2, 0.25) is 0 Å². The predicted octanol–water partition coefficient (Wildman–Crippen LogP) is 4.97. The highest BCUT2D eigenvalue weighted by molar-refractivity contribution is 5.76. The van der Waals surface area contributed by atoms with Gasteiger partial charge in [-0.2, -0.15) is 0 Å². The number of aromatic nitrogens is 1. The van der Waals surface area contributed by atoms with E-state index in [4.69, 9.17) is 0 Å². The van der Waals surface area contributed by atoms with E-state index in [0.717, 1.165) is 31.9 Å². The topological polar surface area (TPSA) is 19.4 Å². The Morgan fingerprint density at radius 2 is 1.71 bits per heavy atom. The van der Waals surface area contributed by atoms with Gasteiger partial charge in [-0.05, 0) is 30.7 Å². The fraction of sp³-hybridized carbons (Fsp3) is 0.240. The molecule has 3 nitrogen and oxygen atoms in total. The molecule has 3 heteroatoms. The third kappa shape index (κ3) is 4.32. The lowest BCUT2D eigenvalue weighted by Crippen LogP contribution is -2.52. The van der Waals surface area contributed by atoms with Crippen LogP contribution in [-0.2, 0) is 0 Å². The minimum Gasteiger partial charge on any atom is -0.366 e.